The molecular formula is C64H42N4O2. The van der Waals surface area contributed by atoms with Crippen LogP contribution < -0.4 is 9.80 Å². The summed E-state index contributed by atoms with van der Waals surface area (Å²) in [6, 6.07) is 78.7. The predicted octanol–water partition coefficient (Wildman–Crippen LogP) is 18.0. The molecule has 0 aliphatic carbocycles. The molecule has 0 atom stereocenters. The number of aryl methyl sites for hydroxylation is 2. The monoisotopic (exact) mass is 898 g/mol. The Hall–Kier alpha value is -9.26. The molecule has 330 valence electrons. The minimum Gasteiger partial charge on any atom is -0.455 e. The van der Waals surface area contributed by atoms with Crippen LogP contribution in [-0.4, -0.2) is 9.13 Å². The Bertz CT molecular complexity index is 4340. The van der Waals surface area contributed by atoms with Gasteiger partial charge < -0.3 is 27.8 Å². The molecule has 0 radical (unpaired) electrons. The summed E-state index contributed by atoms with van der Waals surface area (Å²) in [4.78, 5) is 4.69. The molecule has 0 saturated carbocycles. The van der Waals surface area contributed by atoms with Gasteiger partial charge in [0, 0.05) is 130 Å². The fourth-order valence-corrected chi connectivity index (χ4v) is 11.5. The second-order valence-electron chi connectivity index (χ2n) is 18.6. The highest BCUT2D eigenvalue weighted by Crippen LogP contribution is 2.45. The van der Waals surface area contributed by atoms with Crippen LogP contribution in [0.25, 0.3) is 109 Å². The molecule has 0 spiro atoms. The van der Waals surface area contributed by atoms with Gasteiger partial charge in [-0.15, -0.1) is 0 Å². The first kappa shape index (κ1) is 38.8. The Morgan fingerprint density at radius 1 is 0.271 bits per heavy atom. The summed E-state index contributed by atoms with van der Waals surface area (Å²) in [5.41, 5.74) is 14.8. The Morgan fingerprint density at radius 2 is 0.657 bits per heavy atom. The van der Waals surface area contributed by atoms with Crippen LogP contribution in [0.5, 0.6) is 0 Å². The lowest BCUT2D eigenvalue weighted by molar-refractivity contribution is 0.660. The fraction of sp³-hybridized carbons (Fsp3) is 0.0312. The lowest BCUT2D eigenvalue weighted by Crippen LogP contribution is -2.09. The van der Waals surface area contributed by atoms with Crippen molar-refractivity contribution in [3.05, 3.63) is 218 Å². The van der Waals surface area contributed by atoms with E-state index in [9.17, 15) is 0 Å². The lowest BCUT2D eigenvalue weighted by Gasteiger charge is -2.26. The summed E-state index contributed by atoms with van der Waals surface area (Å²) in [6.45, 7) is 0. The van der Waals surface area contributed by atoms with Crippen LogP contribution >= 0.6 is 0 Å². The molecule has 4 heterocycles. The minimum absolute atomic E-state index is 0.806. The first-order valence-electron chi connectivity index (χ1n) is 23.9. The van der Waals surface area contributed by atoms with Crippen LogP contribution in [0, 0.1) is 0 Å². The molecule has 70 heavy (non-hydrogen) atoms. The van der Waals surface area contributed by atoms with Crippen molar-refractivity contribution in [1.82, 2.24) is 9.13 Å². The van der Waals surface area contributed by atoms with Crippen molar-refractivity contribution in [2.75, 3.05) is 9.80 Å². The summed E-state index contributed by atoms with van der Waals surface area (Å²) < 4.78 is 18.2. The van der Waals surface area contributed by atoms with Crippen molar-refractivity contribution in [2.24, 2.45) is 14.1 Å². The van der Waals surface area contributed by atoms with Gasteiger partial charge in [0.25, 0.3) is 0 Å². The molecule has 0 aliphatic heterocycles. The van der Waals surface area contributed by atoms with E-state index >= 15 is 0 Å². The van der Waals surface area contributed by atoms with Gasteiger partial charge in [-0.2, -0.15) is 0 Å². The summed E-state index contributed by atoms with van der Waals surface area (Å²) in [5, 5.41) is 13.6. The van der Waals surface area contributed by atoms with E-state index < -0.39 is 0 Å². The van der Waals surface area contributed by atoms with Gasteiger partial charge >= 0.3 is 0 Å². The molecule has 6 nitrogen and oxygen atoms in total. The summed E-state index contributed by atoms with van der Waals surface area (Å²) in [7, 11) is 4.29. The van der Waals surface area contributed by atoms with Gasteiger partial charge in [-0.05, 0) is 138 Å². The average Bonchev–Trinajstić information content (AvgIpc) is 4.14. The number of furan rings is 2. The number of para-hydroxylation sites is 4. The molecule has 0 aliphatic rings. The molecule has 15 aromatic rings. The third-order valence-electron chi connectivity index (χ3n) is 14.8. The van der Waals surface area contributed by atoms with E-state index in [4.69, 9.17) is 8.83 Å². The Balaban J connectivity index is 0.821. The molecule has 0 fully saturated rings. The Kier molecular flexibility index (Phi) is 8.10. The maximum Gasteiger partial charge on any atom is 0.143 e. The van der Waals surface area contributed by atoms with E-state index in [1.807, 2.05) is 0 Å². The van der Waals surface area contributed by atoms with Crippen molar-refractivity contribution in [1.29, 1.82) is 0 Å². The molecule has 6 heteroatoms. The first-order chi connectivity index (χ1) is 34.5. The average molecular weight is 899 g/mol. The quantitative estimate of drug-likeness (QED) is 0.167. The zero-order valence-electron chi connectivity index (χ0n) is 38.4. The van der Waals surface area contributed by atoms with Crippen molar-refractivity contribution >= 4 is 143 Å². The van der Waals surface area contributed by atoms with Gasteiger partial charge in [0.15, 0.2) is 0 Å². The Labute approximate surface area is 401 Å². The van der Waals surface area contributed by atoms with E-state index in [1.54, 1.807) is 0 Å². The van der Waals surface area contributed by atoms with E-state index in [0.29, 0.717) is 0 Å². The van der Waals surface area contributed by atoms with Crippen molar-refractivity contribution in [3.63, 3.8) is 0 Å². The highest BCUT2D eigenvalue weighted by molar-refractivity contribution is 6.22. The molecule has 0 saturated heterocycles. The number of nitrogens with zero attached hydrogens (tertiary/aromatic N) is 4. The van der Waals surface area contributed by atoms with Gasteiger partial charge in [0.2, 0.25) is 0 Å². The summed E-state index contributed by atoms with van der Waals surface area (Å²) >= 11 is 0. The first-order valence-corrected chi connectivity index (χ1v) is 23.9. The van der Waals surface area contributed by atoms with Crippen molar-refractivity contribution in [3.8, 4) is 0 Å². The summed E-state index contributed by atoms with van der Waals surface area (Å²) in [6.07, 6.45) is 0. The van der Waals surface area contributed by atoms with Gasteiger partial charge in [0.1, 0.15) is 22.3 Å². The second-order valence-corrected chi connectivity index (χ2v) is 18.6. The Morgan fingerprint density at radius 3 is 1.13 bits per heavy atom. The summed E-state index contributed by atoms with van der Waals surface area (Å²) in [5.74, 6) is 0. The minimum atomic E-state index is 0.806. The molecular weight excluding hydrogens is 857 g/mol. The number of aromatic nitrogens is 2. The molecule has 15 rings (SSSR count). The normalized spacial score (nSPS) is 12.1. The third kappa shape index (κ3) is 5.62. The van der Waals surface area contributed by atoms with Gasteiger partial charge in [-0.25, -0.2) is 0 Å². The topological polar surface area (TPSA) is 42.6 Å². The van der Waals surface area contributed by atoms with E-state index in [1.165, 1.54) is 43.6 Å². The molecule has 0 amide bonds. The maximum atomic E-state index is 6.81. The van der Waals surface area contributed by atoms with Gasteiger partial charge in [0.05, 0.1) is 0 Å². The SMILES string of the molecule is Cn1c2ccccc2c2cc(N(c3ccccc3)c3ccc4c(ccc5c6cc7c(cc6oc45)oc4c5ccc(N(c6ccccc6)c6ccc8c(c6)c6ccccc6n8C)cc5ccc74)c3)ccc21. The van der Waals surface area contributed by atoms with Crippen LogP contribution in [0.3, 0.4) is 0 Å². The molecule has 0 bridgehead atoms. The fourth-order valence-electron chi connectivity index (χ4n) is 11.5. The van der Waals surface area contributed by atoms with Gasteiger partial charge in [-0.3, -0.25) is 0 Å². The number of benzene rings is 11. The highest BCUT2D eigenvalue weighted by atomic mass is 16.3. The molecule has 4 aromatic heterocycles. The number of anilines is 6. The zero-order valence-corrected chi connectivity index (χ0v) is 38.4. The third-order valence-corrected chi connectivity index (χ3v) is 14.8. The molecule has 0 unspecified atom stereocenters. The largest absolute Gasteiger partial charge is 0.455 e. The van der Waals surface area contributed by atoms with Crippen molar-refractivity contribution < 1.29 is 8.83 Å². The van der Waals surface area contributed by atoms with Crippen LogP contribution in [0.4, 0.5) is 34.1 Å². The molecule has 0 N–H and O–H groups in total. The van der Waals surface area contributed by atoms with Crippen LogP contribution in [0.15, 0.2) is 227 Å². The predicted molar refractivity (Wildman–Crippen MR) is 293 cm³/mol. The molecule has 11 aromatic carbocycles. The van der Waals surface area contributed by atoms with Crippen LogP contribution in [0.2, 0.25) is 0 Å². The highest BCUT2D eigenvalue weighted by Gasteiger charge is 2.21. The van der Waals surface area contributed by atoms with Gasteiger partial charge in [-0.1, -0.05) is 84.9 Å². The van der Waals surface area contributed by atoms with E-state index in [-0.39, 0.29) is 0 Å². The van der Waals surface area contributed by atoms with E-state index in [2.05, 4.69) is 251 Å². The van der Waals surface area contributed by atoms with Crippen LogP contribution in [-0.2, 0) is 14.1 Å². The lowest BCUT2D eigenvalue weighted by atomic mass is 10.0. The van der Waals surface area contributed by atoms with Crippen molar-refractivity contribution in [2.45, 2.75) is 0 Å². The smallest absolute Gasteiger partial charge is 0.143 e. The number of hydrogen-bond donors (Lipinski definition) is 0. The van der Waals surface area contributed by atoms with Crippen LogP contribution in [0.1, 0.15) is 0 Å². The number of fused-ring (bicyclic) bond motifs is 16. The standard InChI is InChI=1S/C64H42N4O2/c1-65-57-19-11-9-17-49(57)53-35-45(25-31-59(53)65)67(41-13-5-3-6-14-41)43-23-29-47-39(33-43)21-27-51-55-37-56-52-28-22-40-34-44(24-30-48(40)64(52)70-62(56)38-61(55)69-63(47)51)68(42-15-7-4-8-16-42)46-26-32-60-54(36-46)50-18-10-12-20-58(50)66(60)2/h3-38H,1-2H3. The van der Waals surface area contributed by atoms with E-state index in [0.717, 1.165) is 99.5 Å². The second kappa shape index (κ2) is 14.6. The number of rotatable bonds is 6. The number of hydrogen-bond acceptors (Lipinski definition) is 4. The zero-order chi connectivity index (χ0) is 46.2. The maximum absolute atomic E-state index is 6.81.